The van der Waals surface area contributed by atoms with E-state index in [1.54, 1.807) is 6.92 Å². The maximum Gasteiger partial charge on any atom is 0.342 e. The van der Waals surface area contributed by atoms with Gasteiger partial charge in [0.1, 0.15) is 36.0 Å². The molecule has 0 saturated carbocycles. The van der Waals surface area contributed by atoms with Crippen molar-refractivity contribution in [2.75, 3.05) is 60.3 Å². The number of Topliss-reactive ketones (excluding diaryl/α,β-unsaturated/α-hetero) is 3. The lowest BCUT2D eigenvalue weighted by Gasteiger charge is -2.52. The number of esters is 1. The molecule has 3 aliphatic carbocycles. The van der Waals surface area contributed by atoms with Crippen LogP contribution in [0.5, 0.6) is 11.5 Å². The minimum absolute atomic E-state index is 0.0111. The number of carbonyl (C=O) groups is 5. The number of methoxy groups -OCH3 is 2. The molecular formula is C39H44N2O16. The third-order valence-corrected chi connectivity index (χ3v) is 11.9. The zero-order valence-corrected chi connectivity index (χ0v) is 31.6. The molecule has 2 heterocycles. The fraction of sp³-hybridized carbons (Fsp3) is 0.513. The number of nitrogens with one attached hydrogen (secondary N) is 1. The van der Waals surface area contributed by atoms with Gasteiger partial charge in [-0.25, -0.2) is 4.79 Å². The summed E-state index contributed by atoms with van der Waals surface area (Å²) >= 11 is 0. The van der Waals surface area contributed by atoms with Gasteiger partial charge in [0.05, 0.1) is 60.9 Å². The average Bonchev–Trinajstić information content (AvgIpc) is 3.16. The third-order valence-electron chi connectivity index (χ3n) is 11.9. The summed E-state index contributed by atoms with van der Waals surface area (Å²) in [6, 6.07) is 2.20. The predicted octanol–water partition coefficient (Wildman–Crippen LogP) is -0.954. The Hall–Kier alpha value is -4.63. The Morgan fingerprint density at radius 2 is 1.72 bits per heavy atom. The Balaban J connectivity index is 1.29. The number of ether oxygens (including phenoxy) is 5. The SMILES string of the molecule is CO[C@H]1[C@H](C)OC(NC2=CC(=O)c3c(cc4c(c3O)C(=O)[C@]3(OC)[C@H](O)Cc5cc(C)c(C(=O)OCCN6CCOCC6)c(O)c5[C@]3(O)C4=O)C2=O)C(CO)[C@@H]1O. The van der Waals surface area contributed by atoms with Gasteiger partial charge in [0.15, 0.2) is 17.0 Å². The number of carbonyl (C=O) groups excluding carboxylic acids is 5. The third kappa shape index (κ3) is 5.92. The number of aliphatic hydroxyl groups excluding tert-OH is 3. The van der Waals surface area contributed by atoms with Crippen molar-refractivity contribution < 1.29 is 78.3 Å². The number of benzene rings is 2. The molecule has 2 unspecified atom stereocenters. The normalized spacial score (nSPS) is 31.2. The molecule has 7 N–H and O–H groups in total. The van der Waals surface area contributed by atoms with Crippen molar-refractivity contribution in [2.24, 2.45) is 5.92 Å². The first-order valence-electron chi connectivity index (χ1n) is 18.4. The molecule has 2 aromatic rings. The van der Waals surface area contributed by atoms with E-state index in [4.69, 9.17) is 23.7 Å². The quantitative estimate of drug-likeness (QED) is 0.151. The maximum absolute atomic E-state index is 14.8. The van der Waals surface area contributed by atoms with Crippen molar-refractivity contribution in [1.82, 2.24) is 10.2 Å². The highest BCUT2D eigenvalue weighted by Gasteiger charge is 2.72. The molecule has 18 nitrogen and oxygen atoms in total. The zero-order chi connectivity index (χ0) is 41.3. The number of hydrogen-bond acceptors (Lipinski definition) is 18. The molecule has 2 fully saturated rings. The van der Waals surface area contributed by atoms with Gasteiger partial charge in [-0.3, -0.25) is 24.1 Å². The van der Waals surface area contributed by atoms with Gasteiger partial charge < -0.3 is 59.6 Å². The molecule has 2 aromatic carbocycles. The summed E-state index contributed by atoms with van der Waals surface area (Å²) in [5.74, 6) is -8.77. The molecule has 7 rings (SSSR count). The van der Waals surface area contributed by atoms with Crippen molar-refractivity contribution in [3.63, 3.8) is 0 Å². The van der Waals surface area contributed by atoms with Crippen molar-refractivity contribution in [3.8, 4) is 11.5 Å². The molecule has 57 heavy (non-hydrogen) atoms. The highest BCUT2D eigenvalue weighted by atomic mass is 16.6. The second-order valence-corrected chi connectivity index (χ2v) is 14.8. The molecule has 0 aromatic heterocycles. The van der Waals surface area contributed by atoms with Crippen LogP contribution in [0.3, 0.4) is 0 Å². The predicted molar refractivity (Wildman–Crippen MR) is 192 cm³/mol. The summed E-state index contributed by atoms with van der Waals surface area (Å²) in [5, 5.41) is 71.3. The minimum atomic E-state index is -3.27. The molecule has 18 heteroatoms. The van der Waals surface area contributed by atoms with Gasteiger partial charge in [-0.2, -0.15) is 0 Å². The van der Waals surface area contributed by atoms with Crippen molar-refractivity contribution in [2.45, 2.75) is 62.1 Å². The van der Waals surface area contributed by atoms with Crippen LogP contribution in [0.25, 0.3) is 0 Å². The van der Waals surface area contributed by atoms with E-state index >= 15 is 0 Å². The van der Waals surface area contributed by atoms with Crippen LogP contribution < -0.4 is 5.32 Å². The summed E-state index contributed by atoms with van der Waals surface area (Å²) < 4.78 is 27.5. The molecule has 0 amide bonds. The largest absolute Gasteiger partial charge is 0.507 e. The lowest BCUT2D eigenvalue weighted by Crippen LogP contribution is -2.73. The Morgan fingerprint density at radius 1 is 1.02 bits per heavy atom. The second-order valence-electron chi connectivity index (χ2n) is 14.8. The summed E-state index contributed by atoms with van der Waals surface area (Å²) in [6.45, 7) is 5.01. The topological polar surface area (TPSA) is 268 Å². The molecule has 306 valence electrons. The fourth-order valence-corrected chi connectivity index (χ4v) is 8.96. The summed E-state index contributed by atoms with van der Waals surface area (Å²) in [5.41, 5.74) is -10.3. The Kier molecular flexibility index (Phi) is 10.6. The van der Waals surface area contributed by atoms with Crippen LogP contribution in [-0.2, 0) is 35.7 Å². The number of morpholine rings is 1. The number of aryl methyl sites for hydroxylation is 1. The van der Waals surface area contributed by atoms with Crippen LogP contribution in [0.2, 0.25) is 0 Å². The molecule has 5 aliphatic rings. The van der Waals surface area contributed by atoms with Crippen LogP contribution in [0.4, 0.5) is 0 Å². The van der Waals surface area contributed by atoms with Gasteiger partial charge in [0, 0.05) is 63.0 Å². The van der Waals surface area contributed by atoms with E-state index in [9.17, 15) is 54.6 Å². The average molecular weight is 797 g/mol. The first-order valence-corrected chi connectivity index (χ1v) is 18.4. The standard InChI is InChI=1S/C39H44N2O16/c1-16-11-18-12-24(44)39(54-4)35(50)27-20(34(49)38(39,52)28(18)32(48)25(16)37(51)56-10-7-41-5-8-55-9-6-41)13-19-26(31(27)47)23(43)14-22(29(19)45)40-36-21(15-42)30(46)33(53-3)17(2)57-36/h11,13-14,17,21,24,30,33,36,40,42,44,46-48,52H,5-10,12,15H2,1-4H3/t17-,21?,24+,30-,33-,36?,38-,39+/m0/s1. The highest BCUT2D eigenvalue weighted by Crippen LogP contribution is 2.56. The summed E-state index contributed by atoms with van der Waals surface area (Å²) in [7, 11) is 2.27. The van der Waals surface area contributed by atoms with Crippen LogP contribution >= 0.6 is 0 Å². The minimum Gasteiger partial charge on any atom is -0.507 e. The number of aliphatic hydroxyl groups is 4. The van der Waals surface area contributed by atoms with Crippen LogP contribution in [0, 0.1) is 12.8 Å². The van der Waals surface area contributed by atoms with E-state index in [1.165, 1.54) is 20.1 Å². The second kappa shape index (κ2) is 14.9. The molecular weight excluding hydrogens is 752 g/mol. The van der Waals surface area contributed by atoms with Crippen molar-refractivity contribution in [3.05, 3.63) is 68.4 Å². The number of aromatic hydroxyl groups is 2. The van der Waals surface area contributed by atoms with E-state index in [0.717, 1.165) is 19.3 Å². The van der Waals surface area contributed by atoms with E-state index in [-0.39, 0.29) is 17.7 Å². The number of fused-ring (bicyclic) bond motifs is 5. The molecule has 8 atom stereocenters. The van der Waals surface area contributed by atoms with E-state index < -0.39 is 140 Å². The highest BCUT2D eigenvalue weighted by molar-refractivity contribution is 6.31. The number of allylic oxidation sites excluding steroid dienone is 2. The Labute approximate surface area is 325 Å². The van der Waals surface area contributed by atoms with Crippen molar-refractivity contribution >= 4 is 29.1 Å². The lowest BCUT2D eigenvalue weighted by atomic mass is 9.56. The monoisotopic (exact) mass is 796 g/mol. The van der Waals surface area contributed by atoms with Crippen LogP contribution in [-0.4, -0.2) is 161 Å². The number of nitrogens with zero attached hydrogens (tertiary/aromatic N) is 1. The zero-order valence-electron chi connectivity index (χ0n) is 31.6. The number of ketones is 4. The van der Waals surface area contributed by atoms with Crippen molar-refractivity contribution in [1.29, 1.82) is 0 Å². The molecule has 0 radical (unpaired) electrons. The Bertz CT molecular complexity index is 2090. The number of hydrogen-bond donors (Lipinski definition) is 7. The molecule has 2 saturated heterocycles. The van der Waals surface area contributed by atoms with E-state index in [1.807, 2.05) is 4.90 Å². The first kappa shape index (κ1) is 40.6. The van der Waals surface area contributed by atoms with E-state index in [0.29, 0.717) is 32.8 Å². The fourth-order valence-electron chi connectivity index (χ4n) is 8.96. The van der Waals surface area contributed by atoms with Crippen LogP contribution in [0.1, 0.15) is 75.4 Å². The van der Waals surface area contributed by atoms with Gasteiger partial charge in [-0.05, 0) is 31.0 Å². The number of phenols is 2. The smallest absolute Gasteiger partial charge is 0.342 e. The van der Waals surface area contributed by atoms with Crippen LogP contribution in [0.15, 0.2) is 23.9 Å². The first-order chi connectivity index (χ1) is 27.1. The number of phenolic OH excluding ortho intramolecular Hbond substituents is 2. The molecule has 0 bridgehead atoms. The van der Waals surface area contributed by atoms with Gasteiger partial charge in [-0.15, -0.1) is 0 Å². The summed E-state index contributed by atoms with van der Waals surface area (Å²) in [6.07, 6.45) is -5.68. The van der Waals surface area contributed by atoms with Gasteiger partial charge in [-0.1, -0.05) is 6.07 Å². The Morgan fingerprint density at radius 3 is 2.37 bits per heavy atom. The molecule has 2 aliphatic heterocycles. The van der Waals surface area contributed by atoms with Gasteiger partial charge in [0.2, 0.25) is 17.3 Å². The summed E-state index contributed by atoms with van der Waals surface area (Å²) in [4.78, 5) is 72.6. The van der Waals surface area contributed by atoms with E-state index in [2.05, 4.69) is 5.32 Å². The van der Waals surface area contributed by atoms with Gasteiger partial charge in [0.25, 0.3) is 0 Å². The number of rotatable bonds is 9. The maximum atomic E-state index is 14.8. The van der Waals surface area contributed by atoms with Gasteiger partial charge >= 0.3 is 5.97 Å². The lowest BCUT2D eigenvalue weighted by molar-refractivity contribution is -0.214. The molecule has 0 spiro atoms.